The van der Waals surface area contributed by atoms with Crippen molar-refractivity contribution in [3.05, 3.63) is 0 Å². The van der Waals surface area contributed by atoms with Crippen molar-refractivity contribution in [3.63, 3.8) is 0 Å². The molecule has 0 aromatic heterocycles. The van der Waals surface area contributed by atoms with Gasteiger partial charge in [0, 0.05) is 12.0 Å². The highest BCUT2D eigenvalue weighted by Crippen LogP contribution is 2.28. The minimum Gasteiger partial charge on any atom is -0.479 e. The largest absolute Gasteiger partial charge is 0.479 e. The Morgan fingerprint density at radius 2 is 2.06 bits per heavy atom. The van der Waals surface area contributed by atoms with E-state index in [-0.39, 0.29) is 5.75 Å². The van der Waals surface area contributed by atoms with E-state index in [0.717, 1.165) is 6.26 Å². The van der Waals surface area contributed by atoms with Gasteiger partial charge in [0.2, 0.25) is 5.91 Å². The quantitative estimate of drug-likeness (QED) is 0.720. The summed E-state index contributed by atoms with van der Waals surface area (Å²) < 4.78 is 22.4. The molecule has 2 N–H and O–H groups in total. The summed E-state index contributed by atoms with van der Waals surface area (Å²) in [5.74, 6) is -0.960. The molecule has 17 heavy (non-hydrogen) atoms. The van der Waals surface area contributed by atoms with Crippen molar-refractivity contribution in [1.29, 1.82) is 0 Å². The van der Waals surface area contributed by atoms with Crippen molar-refractivity contribution in [2.24, 2.45) is 0 Å². The molecule has 0 bridgehead atoms. The molecular formula is C9H15NO5S2. The standard InChI is InChI=1S/C9H15NO5S2/c1-6(17(2,14)15)7(11)10-9(8(12)13)3-4-16-5-9/h6H,3-5H2,1-2H3,(H,10,11)(H,12,13). The first kappa shape index (κ1) is 14.3. The molecule has 1 heterocycles. The lowest BCUT2D eigenvalue weighted by Crippen LogP contribution is -2.57. The number of rotatable bonds is 4. The minimum absolute atomic E-state index is 0.268. The number of carbonyl (C=O) groups is 2. The lowest BCUT2D eigenvalue weighted by atomic mass is 9.99. The van der Waals surface area contributed by atoms with Gasteiger partial charge in [-0.1, -0.05) is 0 Å². The fourth-order valence-corrected chi connectivity index (χ4v) is 3.19. The average Bonchev–Trinajstić information content (AvgIpc) is 2.64. The number of hydrogen-bond donors (Lipinski definition) is 2. The molecule has 98 valence electrons. The van der Waals surface area contributed by atoms with Crippen molar-refractivity contribution in [3.8, 4) is 0 Å². The first-order valence-electron chi connectivity index (χ1n) is 5.01. The van der Waals surface area contributed by atoms with Gasteiger partial charge in [0.05, 0.1) is 0 Å². The maximum absolute atomic E-state index is 11.7. The van der Waals surface area contributed by atoms with E-state index in [1.807, 2.05) is 0 Å². The van der Waals surface area contributed by atoms with Crippen molar-refractivity contribution >= 4 is 33.5 Å². The summed E-state index contributed by atoms with van der Waals surface area (Å²) in [7, 11) is -3.51. The van der Waals surface area contributed by atoms with E-state index in [1.54, 1.807) is 0 Å². The molecule has 0 aliphatic carbocycles. The first-order chi connectivity index (χ1) is 7.69. The van der Waals surface area contributed by atoms with E-state index in [4.69, 9.17) is 5.11 Å². The molecule has 6 nitrogen and oxygen atoms in total. The number of nitrogens with one attached hydrogen (secondary N) is 1. The average molecular weight is 281 g/mol. The highest BCUT2D eigenvalue weighted by molar-refractivity contribution is 7.99. The third-order valence-electron chi connectivity index (χ3n) is 2.80. The van der Waals surface area contributed by atoms with Crippen molar-refractivity contribution in [1.82, 2.24) is 5.32 Å². The van der Waals surface area contributed by atoms with Gasteiger partial charge in [-0.2, -0.15) is 11.8 Å². The van der Waals surface area contributed by atoms with Crippen LogP contribution in [0.5, 0.6) is 0 Å². The van der Waals surface area contributed by atoms with Gasteiger partial charge < -0.3 is 10.4 Å². The van der Waals surface area contributed by atoms with Crippen LogP contribution in [0.1, 0.15) is 13.3 Å². The Balaban J connectivity index is 2.83. The first-order valence-corrected chi connectivity index (χ1v) is 8.12. The zero-order valence-electron chi connectivity index (χ0n) is 9.60. The summed E-state index contributed by atoms with van der Waals surface area (Å²) in [6.45, 7) is 1.25. The van der Waals surface area contributed by atoms with Gasteiger partial charge in [-0.05, 0) is 19.1 Å². The lowest BCUT2D eigenvalue weighted by molar-refractivity contribution is -0.146. The lowest BCUT2D eigenvalue weighted by Gasteiger charge is -2.25. The van der Waals surface area contributed by atoms with Crippen LogP contribution in [0.25, 0.3) is 0 Å². The zero-order valence-corrected chi connectivity index (χ0v) is 11.2. The van der Waals surface area contributed by atoms with Crippen LogP contribution in [0.3, 0.4) is 0 Å². The van der Waals surface area contributed by atoms with Crippen LogP contribution in [0, 0.1) is 0 Å². The summed E-state index contributed by atoms with van der Waals surface area (Å²) in [6, 6.07) is 0. The highest BCUT2D eigenvalue weighted by atomic mass is 32.2. The predicted molar refractivity (Wildman–Crippen MR) is 64.8 cm³/mol. The molecule has 1 aliphatic heterocycles. The van der Waals surface area contributed by atoms with E-state index in [1.165, 1.54) is 18.7 Å². The van der Waals surface area contributed by atoms with E-state index in [0.29, 0.717) is 12.2 Å². The summed E-state index contributed by atoms with van der Waals surface area (Å²) in [6.07, 6.45) is 1.27. The van der Waals surface area contributed by atoms with Crippen LogP contribution in [-0.4, -0.2) is 54.0 Å². The molecule has 2 unspecified atom stereocenters. The smallest absolute Gasteiger partial charge is 0.330 e. The number of hydrogen-bond acceptors (Lipinski definition) is 5. The van der Waals surface area contributed by atoms with E-state index >= 15 is 0 Å². The Morgan fingerprint density at radius 3 is 2.41 bits per heavy atom. The van der Waals surface area contributed by atoms with E-state index in [2.05, 4.69) is 5.32 Å². The minimum atomic E-state index is -3.51. The molecule has 1 saturated heterocycles. The van der Waals surface area contributed by atoms with Gasteiger partial charge in [0.25, 0.3) is 0 Å². The molecule has 8 heteroatoms. The number of carboxylic acid groups (broad SMARTS) is 1. The van der Waals surface area contributed by atoms with Crippen LogP contribution in [0.15, 0.2) is 0 Å². The second kappa shape index (κ2) is 4.85. The molecule has 0 radical (unpaired) electrons. The van der Waals surface area contributed by atoms with Gasteiger partial charge in [-0.3, -0.25) is 4.79 Å². The third-order valence-corrected chi connectivity index (χ3v) is 5.49. The molecule has 1 amide bonds. The SMILES string of the molecule is CC(C(=O)NC1(C(=O)O)CCSC1)S(C)(=O)=O. The Bertz CT molecular complexity index is 425. The van der Waals surface area contributed by atoms with Gasteiger partial charge in [-0.25, -0.2) is 13.2 Å². The summed E-state index contributed by atoms with van der Waals surface area (Å²) in [5, 5.41) is 10.2. The summed E-state index contributed by atoms with van der Waals surface area (Å²) in [5.41, 5.74) is -1.32. The van der Waals surface area contributed by atoms with Crippen LogP contribution >= 0.6 is 11.8 Å². The number of thioether (sulfide) groups is 1. The fraction of sp³-hybridized carbons (Fsp3) is 0.778. The molecule has 0 aromatic carbocycles. The summed E-state index contributed by atoms with van der Waals surface area (Å²) in [4.78, 5) is 22.8. The molecule has 1 aliphatic rings. The number of carboxylic acids is 1. The van der Waals surface area contributed by atoms with Gasteiger partial charge in [-0.15, -0.1) is 0 Å². The summed E-state index contributed by atoms with van der Waals surface area (Å²) >= 11 is 1.43. The maximum Gasteiger partial charge on any atom is 0.330 e. The highest BCUT2D eigenvalue weighted by Gasteiger charge is 2.44. The zero-order chi connectivity index (χ0) is 13.3. The number of carbonyl (C=O) groups excluding carboxylic acids is 1. The van der Waals surface area contributed by atoms with Crippen molar-refractivity contribution < 1.29 is 23.1 Å². The second-order valence-electron chi connectivity index (χ2n) is 4.15. The maximum atomic E-state index is 11.7. The predicted octanol–water partition coefficient (Wildman–Crippen LogP) is -0.504. The van der Waals surface area contributed by atoms with Crippen molar-refractivity contribution in [2.75, 3.05) is 17.8 Å². The number of amides is 1. The number of sulfone groups is 1. The molecule has 2 atom stereocenters. The molecule has 0 spiro atoms. The molecule has 0 aromatic rings. The topological polar surface area (TPSA) is 101 Å². The van der Waals surface area contributed by atoms with E-state index in [9.17, 15) is 18.0 Å². The fourth-order valence-electron chi connectivity index (χ4n) is 1.42. The Kier molecular flexibility index (Phi) is 4.08. The molecule has 1 rings (SSSR count). The molecular weight excluding hydrogens is 266 g/mol. The normalized spacial score (nSPS) is 26.5. The molecule has 0 saturated carbocycles. The van der Waals surface area contributed by atoms with E-state index < -0.39 is 32.5 Å². The Morgan fingerprint density at radius 1 is 1.47 bits per heavy atom. The molecule has 1 fully saturated rings. The van der Waals surface area contributed by atoms with Gasteiger partial charge >= 0.3 is 5.97 Å². The Labute approximate surface area is 104 Å². The van der Waals surface area contributed by atoms with Crippen LogP contribution in [0.4, 0.5) is 0 Å². The van der Waals surface area contributed by atoms with Crippen LogP contribution < -0.4 is 5.32 Å². The monoisotopic (exact) mass is 281 g/mol. The van der Waals surface area contributed by atoms with Crippen LogP contribution in [-0.2, 0) is 19.4 Å². The Hall–Kier alpha value is -0.760. The van der Waals surface area contributed by atoms with Crippen LogP contribution in [0.2, 0.25) is 0 Å². The number of aliphatic carboxylic acids is 1. The van der Waals surface area contributed by atoms with Gasteiger partial charge in [0.15, 0.2) is 9.84 Å². The van der Waals surface area contributed by atoms with Crippen molar-refractivity contribution in [2.45, 2.75) is 24.1 Å². The van der Waals surface area contributed by atoms with Gasteiger partial charge in [0.1, 0.15) is 10.8 Å². The second-order valence-corrected chi connectivity index (χ2v) is 7.62. The third kappa shape index (κ3) is 3.12.